The van der Waals surface area contributed by atoms with E-state index in [1.165, 1.54) is 12.8 Å². The number of hydrogen-bond donors (Lipinski definition) is 2. The smallest absolute Gasteiger partial charge is 0.337 e. The molecule has 3 fully saturated rings. The van der Waals surface area contributed by atoms with Gasteiger partial charge in [0, 0.05) is 48.7 Å². The van der Waals surface area contributed by atoms with E-state index in [-0.39, 0.29) is 28.6 Å². The van der Waals surface area contributed by atoms with Crippen molar-refractivity contribution in [3.63, 3.8) is 0 Å². The molecule has 5 aromatic rings. The van der Waals surface area contributed by atoms with E-state index in [0.29, 0.717) is 35.2 Å². The van der Waals surface area contributed by atoms with Crippen molar-refractivity contribution in [2.45, 2.75) is 44.3 Å². The molecule has 0 radical (unpaired) electrons. The highest BCUT2D eigenvalue weighted by Crippen LogP contribution is 2.41. The summed E-state index contributed by atoms with van der Waals surface area (Å²) in [6, 6.07) is 17.3. The van der Waals surface area contributed by atoms with Gasteiger partial charge in [-0.2, -0.15) is 0 Å². The first-order chi connectivity index (χ1) is 21.7. The fourth-order valence-corrected chi connectivity index (χ4v) is 7.71. The number of aromatic nitrogens is 3. The van der Waals surface area contributed by atoms with Gasteiger partial charge < -0.3 is 29.6 Å². The van der Waals surface area contributed by atoms with Crippen LogP contribution in [0.1, 0.15) is 46.4 Å². The number of ether oxygens (including phenoxy) is 1. The van der Waals surface area contributed by atoms with Crippen LogP contribution in [0.3, 0.4) is 0 Å². The maximum atomic E-state index is 13.7. The molecule has 0 spiro atoms. The Morgan fingerprint density at radius 2 is 1.82 bits per heavy atom. The lowest BCUT2D eigenvalue weighted by atomic mass is 10.0. The standard InChI is InChI=1S/C35H34ClN5O4/c1-39-32-26(12-23(15-30(32)45-2)34(42)41-17-22-8-10-27(41)31(22)37)38-33(39)29-14-21-6-5-20(13-28(21)40(29)16-18-3-4-18)19-7-9-25(36)24(11-19)35(43)44/h5-7,9,11-15,18,22,27,31H,3-4,8,10,16-17,37H2,1-2H3,(H,43,44). The highest BCUT2D eigenvalue weighted by atomic mass is 35.5. The fraction of sp³-hybridized carbons (Fsp3) is 0.343. The number of aryl methyl sites for hydroxylation is 1. The van der Waals surface area contributed by atoms with Crippen LogP contribution in [0.25, 0.3) is 44.6 Å². The van der Waals surface area contributed by atoms with Crippen molar-refractivity contribution in [2.75, 3.05) is 13.7 Å². The molecule has 45 heavy (non-hydrogen) atoms. The predicted octanol–water partition coefficient (Wildman–Crippen LogP) is 6.19. The van der Waals surface area contributed by atoms with Crippen molar-refractivity contribution in [1.82, 2.24) is 19.0 Å². The Bertz CT molecular complexity index is 2040. The Hall–Kier alpha value is -4.34. The first-order valence-corrected chi connectivity index (χ1v) is 15.9. The molecule has 3 heterocycles. The molecular formula is C35H34ClN5O4. The summed E-state index contributed by atoms with van der Waals surface area (Å²) < 4.78 is 10.2. The van der Waals surface area contributed by atoms with Crippen LogP contribution in [0.15, 0.2) is 54.6 Å². The van der Waals surface area contributed by atoms with Crippen LogP contribution in [-0.4, -0.2) is 61.7 Å². The number of amides is 1. The SMILES string of the molecule is COc1cc(C(=O)N2CC3CCC2C3N)cc2nc(-c3cc4ccc(-c5ccc(Cl)c(C(=O)O)c5)cc4n3CC3CC3)n(C)c12. The lowest BCUT2D eigenvalue weighted by Gasteiger charge is -2.27. The molecule has 3 aliphatic rings. The number of hydrogen-bond acceptors (Lipinski definition) is 5. The van der Waals surface area contributed by atoms with Crippen LogP contribution >= 0.6 is 11.6 Å². The number of nitrogens with zero attached hydrogens (tertiary/aromatic N) is 4. The van der Waals surface area contributed by atoms with Gasteiger partial charge in [0.05, 0.1) is 28.9 Å². The highest BCUT2D eigenvalue weighted by molar-refractivity contribution is 6.33. The van der Waals surface area contributed by atoms with E-state index in [9.17, 15) is 14.7 Å². The summed E-state index contributed by atoms with van der Waals surface area (Å²) in [5, 5.41) is 10.9. The van der Waals surface area contributed by atoms with Gasteiger partial charge in [-0.1, -0.05) is 29.8 Å². The molecule has 3 N–H and O–H groups in total. The van der Waals surface area contributed by atoms with Gasteiger partial charge in [-0.25, -0.2) is 9.78 Å². The number of piperidine rings is 1. The second kappa shape index (κ2) is 10.4. The molecule has 230 valence electrons. The van der Waals surface area contributed by atoms with E-state index in [0.717, 1.165) is 58.5 Å². The van der Waals surface area contributed by atoms with Gasteiger partial charge in [0.25, 0.3) is 5.91 Å². The Morgan fingerprint density at radius 1 is 1.04 bits per heavy atom. The Kier molecular flexibility index (Phi) is 6.48. The van der Waals surface area contributed by atoms with Crippen molar-refractivity contribution in [1.29, 1.82) is 0 Å². The van der Waals surface area contributed by atoms with E-state index in [4.69, 9.17) is 27.1 Å². The number of nitrogens with two attached hydrogens (primary N) is 1. The average molecular weight is 624 g/mol. The number of carboxylic acids is 1. The summed E-state index contributed by atoms with van der Waals surface area (Å²) in [5.41, 5.74) is 12.3. The maximum Gasteiger partial charge on any atom is 0.337 e. The molecule has 8 rings (SSSR count). The number of halogens is 1. The molecule has 1 amide bonds. The van der Waals surface area contributed by atoms with Crippen LogP contribution in [0.2, 0.25) is 5.02 Å². The lowest BCUT2D eigenvalue weighted by molar-refractivity contribution is 0.0689. The van der Waals surface area contributed by atoms with Gasteiger partial charge in [-0.15, -0.1) is 0 Å². The minimum absolute atomic E-state index is 0.0197. The van der Waals surface area contributed by atoms with Crippen molar-refractivity contribution in [3.05, 3.63) is 70.7 Å². The number of imidazole rings is 1. The molecule has 2 aliphatic carbocycles. The second-order valence-electron chi connectivity index (χ2n) is 12.8. The number of methoxy groups -OCH3 is 1. The Labute approximate surface area is 265 Å². The molecule has 1 saturated heterocycles. The fourth-order valence-electron chi connectivity index (χ4n) is 7.51. The summed E-state index contributed by atoms with van der Waals surface area (Å²) in [6.45, 7) is 1.56. The minimum Gasteiger partial charge on any atom is -0.494 e. The molecule has 10 heteroatoms. The number of likely N-dealkylation sites (tertiary alicyclic amines) is 1. The van der Waals surface area contributed by atoms with E-state index in [1.807, 2.05) is 40.8 Å². The number of carbonyl (C=O) groups excluding carboxylic acids is 1. The number of fused-ring (bicyclic) bond motifs is 4. The number of benzene rings is 3. The summed E-state index contributed by atoms with van der Waals surface area (Å²) in [5.74, 6) is 1.28. The van der Waals surface area contributed by atoms with E-state index < -0.39 is 5.97 Å². The lowest BCUT2D eigenvalue weighted by Crippen LogP contribution is -2.41. The summed E-state index contributed by atoms with van der Waals surface area (Å²) >= 11 is 6.16. The largest absolute Gasteiger partial charge is 0.494 e. The first-order valence-electron chi connectivity index (χ1n) is 15.5. The first kappa shape index (κ1) is 28.2. The number of carbonyl (C=O) groups is 2. The number of carboxylic acid groups (broad SMARTS) is 1. The molecule has 3 aromatic carbocycles. The van der Waals surface area contributed by atoms with Crippen molar-refractivity contribution < 1.29 is 19.4 Å². The molecule has 2 bridgehead atoms. The van der Waals surface area contributed by atoms with E-state index in [1.54, 1.807) is 19.2 Å². The summed E-state index contributed by atoms with van der Waals surface area (Å²) in [7, 11) is 3.61. The Balaban J connectivity index is 1.24. The molecule has 3 unspecified atom stereocenters. The van der Waals surface area contributed by atoms with Crippen molar-refractivity contribution in [3.8, 4) is 28.4 Å². The third-order valence-corrected chi connectivity index (χ3v) is 10.4. The molecule has 9 nitrogen and oxygen atoms in total. The van der Waals surface area contributed by atoms with Crippen LogP contribution in [0.5, 0.6) is 5.75 Å². The highest BCUT2D eigenvalue weighted by Gasteiger charge is 2.47. The van der Waals surface area contributed by atoms with E-state index in [2.05, 4.69) is 22.8 Å². The predicted molar refractivity (Wildman–Crippen MR) is 174 cm³/mol. The van der Waals surface area contributed by atoms with Crippen molar-refractivity contribution in [2.24, 2.45) is 24.6 Å². The van der Waals surface area contributed by atoms with Crippen LogP contribution in [0.4, 0.5) is 0 Å². The third-order valence-electron chi connectivity index (χ3n) is 10.1. The Morgan fingerprint density at radius 3 is 2.51 bits per heavy atom. The molecular weight excluding hydrogens is 590 g/mol. The zero-order valence-electron chi connectivity index (χ0n) is 25.2. The van der Waals surface area contributed by atoms with Crippen molar-refractivity contribution >= 4 is 45.4 Å². The monoisotopic (exact) mass is 623 g/mol. The molecule has 2 saturated carbocycles. The van der Waals surface area contributed by atoms with Crippen LogP contribution in [-0.2, 0) is 13.6 Å². The number of aromatic carboxylic acids is 1. The minimum atomic E-state index is -1.05. The van der Waals surface area contributed by atoms with Gasteiger partial charge in [0.15, 0.2) is 5.82 Å². The van der Waals surface area contributed by atoms with Gasteiger partial charge in [-0.3, -0.25) is 4.79 Å². The maximum absolute atomic E-state index is 13.7. The molecule has 3 atom stereocenters. The third kappa shape index (κ3) is 4.51. The van der Waals surface area contributed by atoms with Gasteiger partial charge in [0.1, 0.15) is 11.3 Å². The normalized spacial score (nSPS) is 20.9. The molecule has 1 aliphatic heterocycles. The van der Waals surface area contributed by atoms with Gasteiger partial charge in [0.2, 0.25) is 0 Å². The zero-order valence-corrected chi connectivity index (χ0v) is 25.9. The quantitative estimate of drug-likeness (QED) is 0.223. The van der Waals surface area contributed by atoms with Gasteiger partial charge >= 0.3 is 5.97 Å². The average Bonchev–Trinajstić information content (AvgIpc) is 3.44. The second-order valence-corrected chi connectivity index (χ2v) is 13.2. The topological polar surface area (TPSA) is 116 Å². The number of rotatable bonds is 7. The van der Waals surface area contributed by atoms with Crippen LogP contribution < -0.4 is 10.5 Å². The van der Waals surface area contributed by atoms with E-state index >= 15 is 0 Å². The van der Waals surface area contributed by atoms with Crippen LogP contribution in [0, 0.1) is 11.8 Å². The summed E-state index contributed by atoms with van der Waals surface area (Å²) in [4.78, 5) is 32.5. The zero-order chi connectivity index (χ0) is 31.1. The summed E-state index contributed by atoms with van der Waals surface area (Å²) in [6.07, 6.45) is 4.40. The molecule has 2 aromatic heterocycles. The van der Waals surface area contributed by atoms with Gasteiger partial charge in [-0.05, 0) is 85.0 Å².